The van der Waals surface area contributed by atoms with Crippen LogP contribution in [0, 0.1) is 29.1 Å². The van der Waals surface area contributed by atoms with Gasteiger partial charge in [0, 0.05) is 17.5 Å². The lowest BCUT2D eigenvalue weighted by molar-refractivity contribution is -0.133. The second-order valence-electron chi connectivity index (χ2n) is 9.78. The third-order valence-electron chi connectivity index (χ3n) is 8.08. The van der Waals surface area contributed by atoms with E-state index in [1.54, 1.807) is 5.57 Å². The summed E-state index contributed by atoms with van der Waals surface area (Å²) in [6.07, 6.45) is 10.2. The number of hydrogen-bond donors (Lipinski definition) is 2. The summed E-state index contributed by atoms with van der Waals surface area (Å²) in [6.45, 7) is 6.46. The molecule has 2 saturated carbocycles. The number of hydrogen-bond acceptors (Lipinski definition) is 2. The molecule has 4 aliphatic carbocycles. The van der Waals surface area contributed by atoms with Crippen molar-refractivity contribution in [1.82, 2.24) is 5.32 Å². The fourth-order valence-electron chi connectivity index (χ4n) is 6.89. The Morgan fingerprint density at radius 2 is 1.93 bits per heavy atom. The number of aliphatic carboxylic acids is 1. The number of carbonyl (C=O) groups is 2. The van der Waals surface area contributed by atoms with Crippen LogP contribution in [0.15, 0.2) is 22.8 Å². The summed E-state index contributed by atoms with van der Waals surface area (Å²) in [7, 11) is 0. The van der Waals surface area contributed by atoms with E-state index in [9.17, 15) is 14.7 Å². The van der Waals surface area contributed by atoms with Gasteiger partial charge in [0.15, 0.2) is 0 Å². The largest absolute Gasteiger partial charge is 0.478 e. The highest BCUT2D eigenvalue weighted by atomic mass is 16.4. The summed E-state index contributed by atoms with van der Waals surface area (Å²) in [5.74, 6) is 1.60. The minimum atomic E-state index is -0.755. The molecule has 0 bridgehead atoms. The highest BCUT2D eigenvalue weighted by Gasteiger charge is 2.56. The highest BCUT2D eigenvalue weighted by Crippen LogP contribution is 2.63. The number of amides is 1. The molecule has 4 heteroatoms. The van der Waals surface area contributed by atoms with Crippen molar-refractivity contribution < 1.29 is 14.7 Å². The predicted octanol–water partition coefficient (Wildman–Crippen LogP) is 4.46. The SMILES string of the molecule is CC(C)NC(=O)[C@H]1CC[C@H]2[C@@H]3CCC4=C(CCC(C(=O)O)=C4)[C@H]3CC[C@]12C. The average molecular weight is 372 g/mol. The lowest BCUT2D eigenvalue weighted by Gasteiger charge is -2.51. The Balaban J connectivity index is 1.57. The first-order valence-corrected chi connectivity index (χ1v) is 10.8. The van der Waals surface area contributed by atoms with Crippen LogP contribution < -0.4 is 5.32 Å². The van der Waals surface area contributed by atoms with Gasteiger partial charge in [-0.1, -0.05) is 12.5 Å². The first-order valence-electron chi connectivity index (χ1n) is 10.8. The first-order chi connectivity index (χ1) is 12.8. The van der Waals surface area contributed by atoms with Gasteiger partial charge in [-0.15, -0.1) is 0 Å². The molecule has 4 nitrogen and oxygen atoms in total. The number of carbonyl (C=O) groups excluding carboxylic acids is 1. The van der Waals surface area contributed by atoms with E-state index in [-0.39, 0.29) is 23.3 Å². The van der Waals surface area contributed by atoms with E-state index in [0.29, 0.717) is 29.7 Å². The van der Waals surface area contributed by atoms with E-state index in [4.69, 9.17) is 0 Å². The van der Waals surface area contributed by atoms with Gasteiger partial charge in [0.1, 0.15) is 0 Å². The van der Waals surface area contributed by atoms with Gasteiger partial charge in [-0.3, -0.25) is 4.79 Å². The third-order valence-corrected chi connectivity index (χ3v) is 8.08. The molecule has 0 aromatic carbocycles. The fourth-order valence-corrected chi connectivity index (χ4v) is 6.89. The van der Waals surface area contributed by atoms with E-state index >= 15 is 0 Å². The molecule has 0 spiro atoms. The topological polar surface area (TPSA) is 66.4 Å². The third kappa shape index (κ3) is 3.05. The molecule has 0 aromatic heterocycles. The van der Waals surface area contributed by atoms with Gasteiger partial charge in [0.25, 0.3) is 0 Å². The molecule has 0 unspecified atom stereocenters. The number of rotatable bonds is 3. The summed E-state index contributed by atoms with van der Waals surface area (Å²) >= 11 is 0. The lowest BCUT2D eigenvalue weighted by atomic mass is 9.53. The Bertz CT molecular complexity index is 719. The van der Waals surface area contributed by atoms with Crippen LogP contribution in [0.2, 0.25) is 0 Å². The summed E-state index contributed by atoms with van der Waals surface area (Å²) in [5, 5.41) is 12.5. The van der Waals surface area contributed by atoms with Crippen LogP contribution in [0.3, 0.4) is 0 Å². The smallest absolute Gasteiger partial charge is 0.331 e. The van der Waals surface area contributed by atoms with Crippen LogP contribution in [0.5, 0.6) is 0 Å². The minimum Gasteiger partial charge on any atom is -0.478 e. The molecule has 0 aromatic rings. The van der Waals surface area contributed by atoms with Gasteiger partial charge < -0.3 is 10.4 Å². The van der Waals surface area contributed by atoms with Crippen molar-refractivity contribution in [2.24, 2.45) is 29.1 Å². The lowest BCUT2D eigenvalue weighted by Crippen LogP contribution is -2.48. The Hall–Kier alpha value is -1.58. The van der Waals surface area contributed by atoms with Crippen molar-refractivity contribution in [3.05, 3.63) is 22.8 Å². The Morgan fingerprint density at radius 3 is 2.63 bits per heavy atom. The molecule has 5 atom stereocenters. The van der Waals surface area contributed by atoms with Crippen molar-refractivity contribution in [1.29, 1.82) is 0 Å². The molecule has 0 radical (unpaired) electrons. The maximum atomic E-state index is 12.8. The summed E-state index contributed by atoms with van der Waals surface area (Å²) < 4.78 is 0. The first kappa shape index (κ1) is 18.8. The van der Waals surface area contributed by atoms with E-state index in [1.165, 1.54) is 12.0 Å². The van der Waals surface area contributed by atoms with Crippen LogP contribution in [0.25, 0.3) is 0 Å². The Kier molecular flexibility index (Phi) is 4.72. The number of nitrogens with one attached hydrogen (secondary N) is 1. The Labute approximate surface area is 162 Å². The van der Waals surface area contributed by atoms with Crippen molar-refractivity contribution >= 4 is 11.9 Å². The van der Waals surface area contributed by atoms with Gasteiger partial charge in [-0.2, -0.15) is 0 Å². The van der Waals surface area contributed by atoms with Crippen molar-refractivity contribution in [2.75, 3.05) is 0 Å². The second-order valence-corrected chi connectivity index (χ2v) is 9.78. The zero-order chi connectivity index (χ0) is 19.3. The van der Waals surface area contributed by atoms with Crippen LogP contribution in [0.1, 0.15) is 72.1 Å². The van der Waals surface area contributed by atoms with E-state index in [0.717, 1.165) is 38.5 Å². The van der Waals surface area contributed by atoms with Gasteiger partial charge in [-0.05, 0) is 100 Å². The standard InChI is InChI=1S/C23H33NO3/c1-13(2)24-21(25)20-9-8-19-18-7-4-14-12-15(22(26)27)5-6-16(14)17(18)10-11-23(19,20)3/h12-13,17-20H,4-11H2,1-3H3,(H,24,25)(H,26,27)/t17-,18-,19+,20-,23+/m1/s1. The number of carboxylic acid groups (broad SMARTS) is 1. The van der Waals surface area contributed by atoms with Crippen molar-refractivity contribution in [3.8, 4) is 0 Å². The Morgan fingerprint density at radius 1 is 1.15 bits per heavy atom. The van der Waals surface area contributed by atoms with Gasteiger partial charge in [-0.25, -0.2) is 4.79 Å². The molecular weight excluding hydrogens is 338 g/mol. The zero-order valence-corrected chi connectivity index (χ0v) is 16.9. The molecule has 27 heavy (non-hydrogen) atoms. The number of allylic oxidation sites excluding steroid dienone is 3. The average Bonchev–Trinajstić information content (AvgIpc) is 2.97. The maximum absolute atomic E-state index is 12.8. The molecule has 0 saturated heterocycles. The molecule has 2 fully saturated rings. The molecule has 4 aliphatic rings. The summed E-state index contributed by atoms with van der Waals surface area (Å²) in [6, 6.07) is 0.205. The number of carboxylic acids is 1. The molecule has 1 amide bonds. The van der Waals surface area contributed by atoms with Crippen molar-refractivity contribution in [3.63, 3.8) is 0 Å². The molecule has 2 N–H and O–H groups in total. The summed E-state index contributed by atoms with van der Waals surface area (Å²) in [5.41, 5.74) is 3.58. The minimum absolute atomic E-state index is 0.134. The van der Waals surface area contributed by atoms with E-state index < -0.39 is 5.97 Å². The summed E-state index contributed by atoms with van der Waals surface area (Å²) in [4.78, 5) is 24.2. The second kappa shape index (κ2) is 6.79. The van der Waals surface area contributed by atoms with E-state index in [1.807, 2.05) is 19.9 Å². The molecule has 0 aliphatic heterocycles. The van der Waals surface area contributed by atoms with Crippen LogP contribution in [-0.2, 0) is 9.59 Å². The fraction of sp³-hybridized carbons (Fsp3) is 0.739. The van der Waals surface area contributed by atoms with Crippen molar-refractivity contribution in [2.45, 2.75) is 78.2 Å². The van der Waals surface area contributed by atoms with Crippen LogP contribution in [-0.4, -0.2) is 23.0 Å². The quantitative estimate of drug-likeness (QED) is 0.769. The maximum Gasteiger partial charge on any atom is 0.331 e. The van der Waals surface area contributed by atoms with Crippen LogP contribution in [0.4, 0.5) is 0 Å². The van der Waals surface area contributed by atoms with Gasteiger partial charge >= 0.3 is 5.97 Å². The highest BCUT2D eigenvalue weighted by molar-refractivity contribution is 5.87. The van der Waals surface area contributed by atoms with Gasteiger partial charge in [0.2, 0.25) is 5.91 Å². The molecular formula is C23H33NO3. The normalized spacial score (nSPS) is 38.0. The predicted molar refractivity (Wildman–Crippen MR) is 105 cm³/mol. The van der Waals surface area contributed by atoms with Gasteiger partial charge in [0.05, 0.1) is 0 Å². The van der Waals surface area contributed by atoms with Crippen LogP contribution >= 0.6 is 0 Å². The number of fused-ring (bicyclic) bond motifs is 4. The molecule has 4 rings (SSSR count). The zero-order valence-electron chi connectivity index (χ0n) is 16.9. The monoisotopic (exact) mass is 371 g/mol. The molecule has 0 heterocycles. The van der Waals surface area contributed by atoms with E-state index in [2.05, 4.69) is 12.2 Å². The molecule has 148 valence electrons.